The van der Waals surface area contributed by atoms with Gasteiger partial charge in [-0.3, -0.25) is 19.7 Å². The van der Waals surface area contributed by atoms with Gasteiger partial charge in [0, 0.05) is 62.2 Å². The van der Waals surface area contributed by atoms with Crippen molar-refractivity contribution in [1.82, 2.24) is 4.90 Å². The van der Waals surface area contributed by atoms with Gasteiger partial charge in [0.1, 0.15) is 0 Å². The van der Waals surface area contributed by atoms with Gasteiger partial charge in [-0.05, 0) is 60.4 Å². The average molecular weight is 477 g/mol. The topological polar surface area (TPSA) is 95.8 Å². The molecule has 0 radical (unpaired) electrons. The minimum Gasteiger partial charge on any atom is -0.368 e. The molecule has 2 amide bonds. The lowest BCUT2D eigenvalue weighted by Crippen LogP contribution is -2.48. The Bertz CT molecular complexity index is 1050. The minimum absolute atomic E-state index is 0.0130. The minimum atomic E-state index is -0.457. The van der Waals surface area contributed by atoms with Crippen molar-refractivity contribution >= 4 is 35.0 Å². The fourth-order valence-electron chi connectivity index (χ4n) is 4.82. The third-order valence-electron chi connectivity index (χ3n) is 6.90. The predicted octanol–water partition coefficient (Wildman–Crippen LogP) is 4.87. The summed E-state index contributed by atoms with van der Waals surface area (Å²) in [4.78, 5) is 39.3. The van der Waals surface area contributed by atoms with Crippen LogP contribution < -0.4 is 10.2 Å². The normalized spacial score (nSPS) is 16.6. The number of nitrogens with zero attached hydrogens (tertiary/aromatic N) is 3. The first-order valence-corrected chi connectivity index (χ1v) is 12.3. The molecule has 2 aliphatic rings. The molecule has 1 aliphatic carbocycles. The molecule has 35 heavy (non-hydrogen) atoms. The summed E-state index contributed by atoms with van der Waals surface area (Å²) in [6.07, 6.45) is 9.94. The number of nitro groups is 1. The monoisotopic (exact) mass is 476 g/mol. The van der Waals surface area contributed by atoms with E-state index in [4.69, 9.17) is 0 Å². The molecule has 2 aromatic rings. The summed E-state index contributed by atoms with van der Waals surface area (Å²) >= 11 is 0. The molecule has 0 spiro atoms. The van der Waals surface area contributed by atoms with Crippen molar-refractivity contribution < 1.29 is 14.5 Å². The Balaban J connectivity index is 1.21. The van der Waals surface area contributed by atoms with Crippen molar-refractivity contribution in [2.45, 2.75) is 38.5 Å². The largest absolute Gasteiger partial charge is 0.368 e. The highest BCUT2D eigenvalue weighted by Crippen LogP contribution is 2.29. The lowest BCUT2D eigenvalue weighted by atomic mass is 10.0. The molecule has 1 saturated heterocycles. The zero-order valence-corrected chi connectivity index (χ0v) is 19.9. The Labute approximate surface area is 205 Å². The van der Waals surface area contributed by atoms with Crippen LogP contribution >= 0.6 is 0 Å². The highest BCUT2D eigenvalue weighted by molar-refractivity contribution is 6.02. The molecule has 1 heterocycles. The first kappa shape index (κ1) is 24.4. The van der Waals surface area contributed by atoms with Gasteiger partial charge in [-0.2, -0.15) is 0 Å². The molecule has 1 saturated carbocycles. The maximum Gasteiger partial charge on any atom is 0.269 e. The molecule has 2 fully saturated rings. The Morgan fingerprint density at radius 1 is 0.971 bits per heavy atom. The summed E-state index contributed by atoms with van der Waals surface area (Å²) < 4.78 is 0. The molecule has 0 atom stereocenters. The van der Waals surface area contributed by atoms with Gasteiger partial charge >= 0.3 is 0 Å². The summed E-state index contributed by atoms with van der Waals surface area (Å²) in [5, 5.41) is 13.5. The number of nitrogens with one attached hydrogen (secondary N) is 1. The third kappa shape index (κ3) is 6.91. The van der Waals surface area contributed by atoms with E-state index < -0.39 is 4.92 Å². The smallest absolute Gasteiger partial charge is 0.269 e. The lowest BCUT2D eigenvalue weighted by Gasteiger charge is -2.36. The van der Waals surface area contributed by atoms with Gasteiger partial charge < -0.3 is 15.1 Å². The molecule has 0 bridgehead atoms. The van der Waals surface area contributed by atoms with E-state index in [0.717, 1.165) is 44.2 Å². The van der Waals surface area contributed by atoms with Crippen LogP contribution in [-0.4, -0.2) is 47.8 Å². The molecule has 4 rings (SSSR count). The van der Waals surface area contributed by atoms with E-state index in [1.54, 1.807) is 18.2 Å². The second-order valence-corrected chi connectivity index (χ2v) is 9.28. The van der Waals surface area contributed by atoms with Crippen LogP contribution in [0.15, 0.2) is 54.6 Å². The number of carbonyl (C=O) groups excluding carboxylic acids is 2. The Hall–Kier alpha value is -3.68. The second kappa shape index (κ2) is 11.6. The van der Waals surface area contributed by atoms with Crippen molar-refractivity contribution in [2.24, 2.45) is 5.92 Å². The van der Waals surface area contributed by atoms with Crippen molar-refractivity contribution in [3.63, 3.8) is 0 Å². The van der Waals surface area contributed by atoms with Crippen molar-refractivity contribution in [1.29, 1.82) is 0 Å². The van der Waals surface area contributed by atoms with Crippen LogP contribution in [0.2, 0.25) is 0 Å². The first-order valence-electron chi connectivity index (χ1n) is 12.3. The van der Waals surface area contributed by atoms with E-state index in [9.17, 15) is 19.7 Å². The first-order chi connectivity index (χ1) is 17.0. The standard InChI is InChI=1S/C27H32N4O4/c32-26(15-7-22-5-11-25(12-6-22)31(34)35)28-23-9-13-24(14-10-23)29-17-19-30(20-18-29)27(33)16-8-21-3-1-2-4-21/h5-7,9-15,21H,1-4,8,16-20H2,(H,28,32)/b15-7+. The molecule has 8 heteroatoms. The van der Waals surface area contributed by atoms with Crippen LogP contribution in [0.1, 0.15) is 44.1 Å². The summed E-state index contributed by atoms with van der Waals surface area (Å²) in [5.41, 5.74) is 2.48. The maximum atomic E-state index is 12.6. The number of piperazine rings is 1. The van der Waals surface area contributed by atoms with E-state index in [1.165, 1.54) is 43.9 Å². The van der Waals surface area contributed by atoms with E-state index in [1.807, 2.05) is 29.2 Å². The lowest BCUT2D eigenvalue weighted by molar-refractivity contribution is -0.384. The molecule has 0 aromatic heterocycles. The van der Waals surface area contributed by atoms with Gasteiger partial charge in [-0.25, -0.2) is 0 Å². The van der Waals surface area contributed by atoms with E-state index in [0.29, 0.717) is 17.7 Å². The molecule has 1 N–H and O–H groups in total. The zero-order valence-electron chi connectivity index (χ0n) is 19.9. The number of non-ortho nitro benzene ring substituents is 1. The highest BCUT2D eigenvalue weighted by atomic mass is 16.6. The Morgan fingerprint density at radius 2 is 1.63 bits per heavy atom. The number of benzene rings is 2. The van der Waals surface area contributed by atoms with Crippen molar-refractivity contribution in [2.75, 3.05) is 36.4 Å². The second-order valence-electron chi connectivity index (χ2n) is 9.28. The molecular weight excluding hydrogens is 444 g/mol. The molecule has 0 unspecified atom stereocenters. The van der Waals surface area contributed by atoms with Crippen molar-refractivity contribution in [3.8, 4) is 0 Å². The quantitative estimate of drug-likeness (QED) is 0.333. The molecular formula is C27H32N4O4. The van der Waals surface area contributed by atoms with Gasteiger partial charge in [0.25, 0.3) is 5.69 Å². The fraction of sp³-hybridized carbons (Fsp3) is 0.407. The van der Waals surface area contributed by atoms with Gasteiger partial charge in [0.05, 0.1) is 4.92 Å². The van der Waals surface area contributed by atoms with Crippen LogP contribution in [-0.2, 0) is 9.59 Å². The highest BCUT2D eigenvalue weighted by Gasteiger charge is 2.23. The summed E-state index contributed by atoms with van der Waals surface area (Å²) in [6.45, 7) is 3.10. The van der Waals surface area contributed by atoms with E-state index >= 15 is 0 Å². The van der Waals surface area contributed by atoms with Crippen LogP contribution in [0.5, 0.6) is 0 Å². The summed E-state index contributed by atoms with van der Waals surface area (Å²) in [6, 6.07) is 13.7. The molecule has 8 nitrogen and oxygen atoms in total. The number of rotatable bonds is 8. The van der Waals surface area contributed by atoms with Crippen molar-refractivity contribution in [3.05, 3.63) is 70.3 Å². The molecule has 1 aliphatic heterocycles. The SMILES string of the molecule is O=C(/C=C/c1ccc([N+](=O)[O-])cc1)Nc1ccc(N2CCN(C(=O)CCC3CCCC3)CC2)cc1. The zero-order chi connectivity index (χ0) is 24.6. The van der Waals surface area contributed by atoms with Gasteiger partial charge in [0.2, 0.25) is 11.8 Å². The molecule has 184 valence electrons. The fourth-order valence-corrected chi connectivity index (χ4v) is 4.82. The predicted molar refractivity (Wildman–Crippen MR) is 137 cm³/mol. The van der Waals surface area contributed by atoms with Gasteiger partial charge in [0.15, 0.2) is 0 Å². The Kier molecular flexibility index (Phi) is 8.13. The van der Waals surface area contributed by atoms with Crippen LogP contribution in [0, 0.1) is 16.0 Å². The number of anilines is 2. The maximum absolute atomic E-state index is 12.6. The Morgan fingerprint density at radius 3 is 2.26 bits per heavy atom. The van der Waals surface area contributed by atoms with Crippen LogP contribution in [0.3, 0.4) is 0 Å². The van der Waals surface area contributed by atoms with Gasteiger partial charge in [-0.1, -0.05) is 25.7 Å². The number of amides is 2. The van der Waals surface area contributed by atoms with Gasteiger partial charge in [-0.15, -0.1) is 0 Å². The molecule has 2 aromatic carbocycles. The summed E-state index contributed by atoms with van der Waals surface area (Å²) in [5.74, 6) is 0.759. The van der Waals surface area contributed by atoms with Crippen LogP contribution in [0.4, 0.5) is 17.1 Å². The van der Waals surface area contributed by atoms with E-state index in [2.05, 4.69) is 10.2 Å². The van der Waals surface area contributed by atoms with E-state index in [-0.39, 0.29) is 17.5 Å². The third-order valence-corrected chi connectivity index (χ3v) is 6.90. The number of carbonyl (C=O) groups is 2. The number of nitro benzene ring substituents is 1. The average Bonchev–Trinajstić information content (AvgIpc) is 3.41. The van der Waals surface area contributed by atoms with Crippen LogP contribution in [0.25, 0.3) is 6.08 Å². The number of hydrogen-bond donors (Lipinski definition) is 1. The number of hydrogen-bond acceptors (Lipinski definition) is 5. The summed E-state index contributed by atoms with van der Waals surface area (Å²) in [7, 11) is 0.